The summed E-state index contributed by atoms with van der Waals surface area (Å²) in [6, 6.07) is 18.6. The number of benzene rings is 3. The predicted molar refractivity (Wildman–Crippen MR) is 98.3 cm³/mol. The Hall–Kier alpha value is -2.92. The molecule has 0 aliphatic carbocycles. The van der Waals surface area contributed by atoms with E-state index < -0.39 is 11.6 Å². The van der Waals surface area contributed by atoms with Crippen molar-refractivity contribution >= 4 is 0 Å². The fourth-order valence-electron chi connectivity index (χ4n) is 2.58. The predicted octanol–water partition coefficient (Wildman–Crippen LogP) is 5.90. The monoisotopic (exact) mass is 332 g/mol. The van der Waals surface area contributed by atoms with E-state index >= 15 is 0 Å². The molecule has 0 aromatic heterocycles. The minimum Gasteiger partial charge on any atom is -0.206 e. The molecule has 0 atom stereocenters. The van der Waals surface area contributed by atoms with Gasteiger partial charge in [0.25, 0.3) is 0 Å². The molecule has 0 aliphatic heterocycles. The van der Waals surface area contributed by atoms with E-state index in [2.05, 4.69) is 36.1 Å². The van der Waals surface area contributed by atoms with E-state index in [0.717, 1.165) is 11.1 Å². The van der Waals surface area contributed by atoms with Crippen molar-refractivity contribution in [3.05, 3.63) is 94.6 Å². The van der Waals surface area contributed by atoms with Gasteiger partial charge in [-0.25, -0.2) is 8.78 Å². The molecule has 3 aromatic rings. The van der Waals surface area contributed by atoms with Crippen LogP contribution in [0.1, 0.15) is 29.2 Å². The molecule has 0 nitrogen and oxygen atoms in total. The smallest absolute Gasteiger partial charge is 0.142 e. The summed E-state index contributed by atoms with van der Waals surface area (Å²) in [6.45, 7) is 3.91. The maximum Gasteiger partial charge on any atom is 0.142 e. The molecule has 25 heavy (non-hydrogen) atoms. The van der Waals surface area contributed by atoms with Crippen molar-refractivity contribution in [2.24, 2.45) is 0 Å². The van der Waals surface area contributed by atoms with E-state index in [4.69, 9.17) is 0 Å². The van der Waals surface area contributed by atoms with Crippen LogP contribution in [0.5, 0.6) is 0 Å². The van der Waals surface area contributed by atoms with E-state index in [9.17, 15) is 8.78 Å². The van der Waals surface area contributed by atoms with Gasteiger partial charge in [0.15, 0.2) is 0 Å². The molecular weight excluding hydrogens is 314 g/mol. The summed E-state index contributed by atoms with van der Waals surface area (Å²) in [7, 11) is 0. The zero-order valence-electron chi connectivity index (χ0n) is 14.2. The summed E-state index contributed by atoms with van der Waals surface area (Å²) in [5.41, 5.74) is 4.58. The molecule has 0 bridgehead atoms. The number of rotatable bonds is 2. The highest BCUT2D eigenvalue weighted by atomic mass is 19.1. The second kappa shape index (κ2) is 7.32. The molecule has 3 rings (SSSR count). The summed E-state index contributed by atoms with van der Waals surface area (Å²) in [5.74, 6) is 4.23. The lowest BCUT2D eigenvalue weighted by Crippen LogP contribution is -1.93. The minimum atomic E-state index is -0.611. The minimum absolute atomic E-state index is 0.181. The van der Waals surface area contributed by atoms with Crippen molar-refractivity contribution < 1.29 is 8.78 Å². The Morgan fingerprint density at radius 2 is 1.28 bits per heavy atom. The van der Waals surface area contributed by atoms with Crippen LogP contribution in [-0.2, 0) is 6.42 Å². The van der Waals surface area contributed by atoms with Gasteiger partial charge in [0.05, 0.1) is 5.56 Å². The van der Waals surface area contributed by atoms with Gasteiger partial charge in [0.1, 0.15) is 11.6 Å². The Bertz CT molecular complexity index is 917. The summed E-state index contributed by atoms with van der Waals surface area (Å²) in [5, 5.41) is 0. The first kappa shape index (κ1) is 16.9. The topological polar surface area (TPSA) is 0 Å². The molecule has 0 heterocycles. The Labute approximate surface area is 147 Å². The molecule has 0 unspecified atom stereocenters. The second-order valence-corrected chi connectivity index (χ2v) is 5.98. The lowest BCUT2D eigenvalue weighted by atomic mass is 10.0. The normalized spacial score (nSPS) is 10.2. The van der Waals surface area contributed by atoms with Crippen LogP contribution in [0.25, 0.3) is 11.1 Å². The Balaban J connectivity index is 1.86. The zero-order chi connectivity index (χ0) is 17.8. The highest BCUT2D eigenvalue weighted by Gasteiger charge is 2.08. The summed E-state index contributed by atoms with van der Waals surface area (Å²) in [4.78, 5) is 0. The maximum absolute atomic E-state index is 14.0. The third kappa shape index (κ3) is 3.95. The van der Waals surface area contributed by atoms with Crippen molar-refractivity contribution in [1.29, 1.82) is 0 Å². The van der Waals surface area contributed by atoms with Gasteiger partial charge < -0.3 is 0 Å². The first-order chi connectivity index (χ1) is 12.1. The van der Waals surface area contributed by atoms with Crippen LogP contribution >= 0.6 is 0 Å². The van der Waals surface area contributed by atoms with Gasteiger partial charge in [-0.05, 0) is 54.3 Å². The van der Waals surface area contributed by atoms with E-state index in [1.54, 1.807) is 0 Å². The quantitative estimate of drug-likeness (QED) is 0.512. The van der Waals surface area contributed by atoms with E-state index in [0.29, 0.717) is 17.5 Å². The van der Waals surface area contributed by atoms with Crippen molar-refractivity contribution in [2.45, 2.75) is 20.3 Å². The fraction of sp³-hybridized carbons (Fsp3) is 0.130. The summed E-state index contributed by atoms with van der Waals surface area (Å²) < 4.78 is 28.0. The van der Waals surface area contributed by atoms with Crippen LogP contribution in [0, 0.1) is 30.4 Å². The number of aryl methyl sites for hydroxylation is 2. The number of halogens is 2. The van der Waals surface area contributed by atoms with Gasteiger partial charge in [-0.1, -0.05) is 60.7 Å². The molecule has 0 radical (unpaired) electrons. The molecular formula is C23H18F2. The van der Waals surface area contributed by atoms with Crippen LogP contribution < -0.4 is 0 Å². The third-order valence-electron chi connectivity index (χ3n) is 4.11. The average Bonchev–Trinajstić information content (AvgIpc) is 2.62. The van der Waals surface area contributed by atoms with Crippen LogP contribution in [0.4, 0.5) is 8.78 Å². The molecule has 0 N–H and O–H groups in total. The van der Waals surface area contributed by atoms with Crippen LogP contribution in [0.3, 0.4) is 0 Å². The number of hydrogen-bond donors (Lipinski definition) is 0. The highest BCUT2D eigenvalue weighted by Crippen LogP contribution is 2.20. The van der Waals surface area contributed by atoms with E-state index in [-0.39, 0.29) is 5.56 Å². The standard InChI is InChI=1S/C23H18F2/c1-3-17-14-22(24)21(23(25)15-17)13-8-18-6-11-20(12-7-18)19-9-4-16(2)5-10-19/h4-7,9-12,14-15H,3H2,1-2H3. The third-order valence-corrected chi connectivity index (χ3v) is 4.11. The molecule has 0 saturated heterocycles. The average molecular weight is 332 g/mol. The van der Waals surface area contributed by atoms with Gasteiger partial charge in [-0.3, -0.25) is 0 Å². The zero-order valence-corrected chi connectivity index (χ0v) is 14.2. The van der Waals surface area contributed by atoms with Gasteiger partial charge in [-0.15, -0.1) is 0 Å². The molecule has 2 heteroatoms. The van der Waals surface area contributed by atoms with Gasteiger partial charge >= 0.3 is 0 Å². The first-order valence-corrected chi connectivity index (χ1v) is 8.24. The molecule has 3 aromatic carbocycles. The Kier molecular flexibility index (Phi) is 4.95. The Morgan fingerprint density at radius 3 is 1.80 bits per heavy atom. The van der Waals surface area contributed by atoms with Crippen molar-refractivity contribution in [3.8, 4) is 23.0 Å². The lowest BCUT2D eigenvalue weighted by Gasteiger charge is -2.03. The summed E-state index contributed by atoms with van der Waals surface area (Å²) in [6.07, 6.45) is 0.585. The molecule has 0 fully saturated rings. The van der Waals surface area contributed by atoms with Gasteiger partial charge in [-0.2, -0.15) is 0 Å². The molecule has 0 aliphatic rings. The SMILES string of the molecule is CCc1cc(F)c(C#Cc2ccc(-c3ccc(C)cc3)cc2)c(F)c1. The molecule has 0 amide bonds. The molecule has 0 spiro atoms. The van der Waals surface area contributed by atoms with Gasteiger partial charge in [0, 0.05) is 5.56 Å². The Morgan fingerprint density at radius 1 is 0.760 bits per heavy atom. The van der Waals surface area contributed by atoms with Crippen LogP contribution in [0.15, 0.2) is 60.7 Å². The van der Waals surface area contributed by atoms with Crippen molar-refractivity contribution in [3.63, 3.8) is 0 Å². The first-order valence-electron chi connectivity index (χ1n) is 8.24. The largest absolute Gasteiger partial charge is 0.206 e. The second-order valence-electron chi connectivity index (χ2n) is 5.98. The highest BCUT2D eigenvalue weighted by molar-refractivity contribution is 5.64. The number of hydrogen-bond acceptors (Lipinski definition) is 0. The fourth-order valence-corrected chi connectivity index (χ4v) is 2.58. The molecule has 124 valence electrons. The molecule has 0 saturated carbocycles. The summed E-state index contributed by atoms with van der Waals surface area (Å²) >= 11 is 0. The van der Waals surface area contributed by atoms with Gasteiger partial charge in [0.2, 0.25) is 0 Å². The van der Waals surface area contributed by atoms with E-state index in [1.807, 2.05) is 38.1 Å². The van der Waals surface area contributed by atoms with Crippen molar-refractivity contribution in [1.82, 2.24) is 0 Å². The lowest BCUT2D eigenvalue weighted by molar-refractivity contribution is 0.574. The maximum atomic E-state index is 14.0. The van der Waals surface area contributed by atoms with E-state index in [1.165, 1.54) is 17.7 Å². The van der Waals surface area contributed by atoms with Crippen molar-refractivity contribution in [2.75, 3.05) is 0 Å². The van der Waals surface area contributed by atoms with Crippen LogP contribution in [-0.4, -0.2) is 0 Å². The van der Waals surface area contributed by atoms with Crippen LogP contribution in [0.2, 0.25) is 0 Å².